The van der Waals surface area contributed by atoms with Crippen molar-refractivity contribution in [1.29, 1.82) is 0 Å². The Morgan fingerprint density at radius 3 is 2.83 bits per heavy atom. The van der Waals surface area contributed by atoms with E-state index in [0.717, 1.165) is 11.5 Å². The van der Waals surface area contributed by atoms with Crippen LogP contribution in [-0.4, -0.2) is 47.5 Å². The number of hydrogen-bond acceptors (Lipinski definition) is 5. The third-order valence-corrected chi connectivity index (χ3v) is 3.82. The first kappa shape index (κ1) is 15.4. The maximum absolute atomic E-state index is 12.6. The van der Waals surface area contributed by atoms with E-state index in [1.807, 2.05) is 55.3 Å². The zero-order valence-electron chi connectivity index (χ0n) is 13.3. The number of nitrogens with zero attached hydrogens (tertiary/aromatic N) is 3. The average molecular weight is 312 g/mol. The summed E-state index contributed by atoms with van der Waals surface area (Å²) in [6, 6.07) is 11.2. The van der Waals surface area contributed by atoms with Gasteiger partial charge in [-0.05, 0) is 19.1 Å². The van der Waals surface area contributed by atoms with Gasteiger partial charge in [-0.25, -0.2) is 9.97 Å². The molecule has 0 saturated carbocycles. The highest BCUT2D eigenvalue weighted by molar-refractivity contribution is 5.94. The molecule has 0 radical (unpaired) electrons. The molecule has 1 amide bonds. The molecule has 1 fully saturated rings. The van der Waals surface area contributed by atoms with Gasteiger partial charge in [0.15, 0.2) is 0 Å². The van der Waals surface area contributed by atoms with Crippen molar-refractivity contribution in [2.24, 2.45) is 0 Å². The van der Waals surface area contributed by atoms with Gasteiger partial charge in [0.2, 0.25) is 0 Å². The first-order valence-corrected chi connectivity index (χ1v) is 7.66. The molecule has 1 aromatic carbocycles. The standard InChI is InChI=1S/C17H20N4O2/c1-12-19-14(10-16(18-2)20-12)15-11-21(8-9-23-15)17(22)13-6-4-3-5-7-13/h3-7,10,15H,8-9,11H2,1-2H3,(H,18,19,20)/t15-/m1/s1. The molecule has 1 aliphatic rings. The van der Waals surface area contributed by atoms with E-state index >= 15 is 0 Å². The van der Waals surface area contributed by atoms with Crippen molar-refractivity contribution in [3.8, 4) is 0 Å². The van der Waals surface area contributed by atoms with Crippen molar-refractivity contribution in [3.05, 3.63) is 53.5 Å². The molecule has 1 atom stereocenters. The second kappa shape index (κ2) is 6.75. The normalized spacial score (nSPS) is 17.8. The summed E-state index contributed by atoms with van der Waals surface area (Å²) in [5, 5.41) is 3.02. The third kappa shape index (κ3) is 3.48. The Morgan fingerprint density at radius 1 is 1.30 bits per heavy atom. The second-order valence-corrected chi connectivity index (χ2v) is 5.45. The van der Waals surface area contributed by atoms with E-state index in [4.69, 9.17) is 4.74 Å². The van der Waals surface area contributed by atoms with Crippen molar-refractivity contribution >= 4 is 11.7 Å². The van der Waals surface area contributed by atoms with Gasteiger partial charge in [-0.3, -0.25) is 4.79 Å². The van der Waals surface area contributed by atoms with Crippen LogP contribution in [0.15, 0.2) is 36.4 Å². The van der Waals surface area contributed by atoms with E-state index in [-0.39, 0.29) is 12.0 Å². The number of aromatic nitrogens is 2. The summed E-state index contributed by atoms with van der Waals surface area (Å²) in [6.45, 7) is 3.43. The molecule has 1 aliphatic heterocycles. The lowest BCUT2D eigenvalue weighted by Crippen LogP contribution is -2.42. The Hall–Kier alpha value is -2.47. The minimum absolute atomic E-state index is 0.0264. The molecule has 0 unspecified atom stereocenters. The van der Waals surface area contributed by atoms with Crippen LogP contribution in [0.4, 0.5) is 5.82 Å². The number of rotatable bonds is 3. The molecule has 3 rings (SSSR count). The maximum Gasteiger partial charge on any atom is 0.254 e. The Balaban J connectivity index is 1.78. The molecule has 6 nitrogen and oxygen atoms in total. The number of carbonyl (C=O) groups excluding carboxylic acids is 1. The second-order valence-electron chi connectivity index (χ2n) is 5.45. The summed E-state index contributed by atoms with van der Waals surface area (Å²) in [5.41, 5.74) is 1.50. The Morgan fingerprint density at radius 2 is 2.09 bits per heavy atom. The van der Waals surface area contributed by atoms with Crippen molar-refractivity contribution in [2.75, 3.05) is 32.1 Å². The molecule has 2 heterocycles. The van der Waals surface area contributed by atoms with Crippen LogP contribution in [0.3, 0.4) is 0 Å². The number of nitrogens with one attached hydrogen (secondary N) is 1. The van der Waals surface area contributed by atoms with Crippen molar-refractivity contribution in [3.63, 3.8) is 0 Å². The van der Waals surface area contributed by atoms with Gasteiger partial charge in [-0.1, -0.05) is 18.2 Å². The topological polar surface area (TPSA) is 67.4 Å². The maximum atomic E-state index is 12.6. The van der Waals surface area contributed by atoms with Crippen LogP contribution >= 0.6 is 0 Å². The summed E-state index contributed by atoms with van der Waals surface area (Å²) in [5.74, 6) is 1.46. The lowest BCUT2D eigenvalue weighted by molar-refractivity contribution is -0.0248. The molecule has 1 aromatic heterocycles. The van der Waals surface area contributed by atoms with Gasteiger partial charge in [-0.15, -0.1) is 0 Å². The molecule has 1 N–H and O–H groups in total. The van der Waals surface area contributed by atoms with Gasteiger partial charge >= 0.3 is 0 Å². The first-order chi connectivity index (χ1) is 11.2. The van der Waals surface area contributed by atoms with Gasteiger partial charge in [0.25, 0.3) is 5.91 Å². The van der Waals surface area contributed by atoms with Crippen LogP contribution in [0, 0.1) is 6.92 Å². The van der Waals surface area contributed by atoms with Crippen LogP contribution < -0.4 is 5.32 Å². The Labute approximate surface area is 135 Å². The van der Waals surface area contributed by atoms with Gasteiger partial charge in [-0.2, -0.15) is 0 Å². The minimum Gasteiger partial charge on any atom is -0.373 e. The van der Waals surface area contributed by atoms with E-state index in [2.05, 4.69) is 15.3 Å². The lowest BCUT2D eigenvalue weighted by atomic mass is 10.1. The first-order valence-electron chi connectivity index (χ1n) is 7.66. The molecule has 1 saturated heterocycles. The Kier molecular flexibility index (Phi) is 4.52. The quantitative estimate of drug-likeness (QED) is 0.939. The fourth-order valence-electron chi connectivity index (χ4n) is 2.66. The highest BCUT2D eigenvalue weighted by Crippen LogP contribution is 2.23. The van der Waals surface area contributed by atoms with E-state index in [1.54, 1.807) is 0 Å². The molecule has 0 bridgehead atoms. The zero-order chi connectivity index (χ0) is 16.2. The summed E-state index contributed by atoms with van der Waals surface area (Å²) < 4.78 is 5.82. The monoisotopic (exact) mass is 312 g/mol. The number of ether oxygens (including phenoxy) is 1. The zero-order valence-corrected chi connectivity index (χ0v) is 13.3. The molecule has 120 valence electrons. The molecule has 0 spiro atoms. The van der Waals surface area contributed by atoms with Crippen LogP contribution in [0.25, 0.3) is 0 Å². The minimum atomic E-state index is -0.231. The van der Waals surface area contributed by atoms with Gasteiger partial charge in [0.05, 0.1) is 18.8 Å². The predicted octanol–water partition coefficient (Wildman–Crippen LogP) is 2.04. The van der Waals surface area contributed by atoms with Gasteiger partial charge < -0.3 is 15.0 Å². The molecular formula is C17H20N4O2. The highest BCUT2D eigenvalue weighted by atomic mass is 16.5. The van der Waals surface area contributed by atoms with Crippen LogP contribution in [-0.2, 0) is 4.74 Å². The summed E-state index contributed by atoms with van der Waals surface area (Å²) in [6.07, 6.45) is -0.231. The number of anilines is 1. The van der Waals surface area contributed by atoms with Crippen LogP contribution in [0.2, 0.25) is 0 Å². The highest BCUT2D eigenvalue weighted by Gasteiger charge is 2.27. The van der Waals surface area contributed by atoms with E-state index < -0.39 is 0 Å². The van der Waals surface area contributed by atoms with Crippen LogP contribution in [0.1, 0.15) is 28.0 Å². The smallest absolute Gasteiger partial charge is 0.254 e. The average Bonchev–Trinajstić information content (AvgIpc) is 2.61. The van der Waals surface area contributed by atoms with Gasteiger partial charge in [0, 0.05) is 25.2 Å². The molecule has 23 heavy (non-hydrogen) atoms. The summed E-state index contributed by atoms with van der Waals surface area (Å²) in [4.78, 5) is 23.2. The third-order valence-electron chi connectivity index (χ3n) is 3.82. The van der Waals surface area contributed by atoms with Gasteiger partial charge in [0.1, 0.15) is 17.7 Å². The van der Waals surface area contributed by atoms with Crippen molar-refractivity contribution in [1.82, 2.24) is 14.9 Å². The molecule has 0 aliphatic carbocycles. The van der Waals surface area contributed by atoms with E-state index in [1.165, 1.54) is 0 Å². The molecule has 6 heteroatoms. The van der Waals surface area contributed by atoms with Crippen molar-refractivity contribution < 1.29 is 9.53 Å². The largest absolute Gasteiger partial charge is 0.373 e. The summed E-state index contributed by atoms with van der Waals surface area (Å²) >= 11 is 0. The van der Waals surface area contributed by atoms with Crippen molar-refractivity contribution in [2.45, 2.75) is 13.0 Å². The Bertz CT molecular complexity index is 690. The predicted molar refractivity (Wildman–Crippen MR) is 87.4 cm³/mol. The summed E-state index contributed by atoms with van der Waals surface area (Å²) in [7, 11) is 1.82. The number of carbonyl (C=O) groups is 1. The van der Waals surface area contributed by atoms with E-state index in [0.29, 0.717) is 31.1 Å². The van der Waals surface area contributed by atoms with E-state index in [9.17, 15) is 4.79 Å². The number of hydrogen-bond donors (Lipinski definition) is 1. The number of morpholine rings is 1. The SMILES string of the molecule is CNc1cc([C@H]2CN(C(=O)c3ccccc3)CCO2)nc(C)n1. The fourth-order valence-corrected chi connectivity index (χ4v) is 2.66. The fraction of sp³-hybridized carbons (Fsp3) is 0.353. The lowest BCUT2D eigenvalue weighted by Gasteiger charge is -2.33. The van der Waals surface area contributed by atoms with Crippen LogP contribution in [0.5, 0.6) is 0 Å². The molecule has 2 aromatic rings. The number of aryl methyl sites for hydroxylation is 1. The number of benzene rings is 1. The number of amides is 1. The molecular weight excluding hydrogens is 292 g/mol.